The summed E-state index contributed by atoms with van der Waals surface area (Å²) < 4.78 is 43.3. The molecule has 0 spiro atoms. The molecule has 38 heavy (non-hydrogen) atoms. The number of aromatic nitrogens is 6. The molecule has 5 rings (SSSR count). The Morgan fingerprint density at radius 3 is 2.58 bits per heavy atom. The Hall–Kier alpha value is -4.06. The zero-order chi connectivity index (χ0) is 27.0. The van der Waals surface area contributed by atoms with Crippen LogP contribution in [0.15, 0.2) is 43.1 Å². The molecule has 1 fully saturated rings. The van der Waals surface area contributed by atoms with Crippen molar-refractivity contribution in [3.8, 4) is 11.3 Å². The summed E-state index contributed by atoms with van der Waals surface area (Å²) in [6.45, 7) is 5.75. The maximum Gasteiger partial charge on any atom is 0.275 e. The maximum atomic E-state index is 14.7. The first-order valence-electron chi connectivity index (χ1n) is 11.8. The Balaban J connectivity index is 1.34. The van der Waals surface area contributed by atoms with Gasteiger partial charge in [0.05, 0.1) is 41.0 Å². The van der Waals surface area contributed by atoms with Crippen molar-refractivity contribution in [2.45, 2.75) is 32.7 Å². The number of rotatable bonds is 7. The highest BCUT2D eigenvalue weighted by Crippen LogP contribution is 2.35. The predicted molar refractivity (Wildman–Crippen MR) is 135 cm³/mol. The van der Waals surface area contributed by atoms with Gasteiger partial charge in [0.25, 0.3) is 12.3 Å². The van der Waals surface area contributed by atoms with Gasteiger partial charge in [-0.2, -0.15) is 5.10 Å². The lowest BCUT2D eigenvalue weighted by Crippen LogP contribution is -2.38. The van der Waals surface area contributed by atoms with E-state index in [0.29, 0.717) is 11.6 Å². The number of hydrogen-bond acceptors (Lipinski definition) is 7. The van der Waals surface area contributed by atoms with Crippen LogP contribution in [0.25, 0.3) is 11.3 Å². The summed E-state index contributed by atoms with van der Waals surface area (Å²) in [6.07, 6.45) is 5.27. The summed E-state index contributed by atoms with van der Waals surface area (Å²) in [6, 6.07) is 1.84. The van der Waals surface area contributed by atoms with Crippen LogP contribution >= 0.6 is 11.6 Å². The lowest BCUT2D eigenvalue weighted by Gasteiger charge is -2.31. The summed E-state index contributed by atoms with van der Waals surface area (Å²) >= 11 is 5.80. The molecular weight excluding hydrogens is 521 g/mol. The summed E-state index contributed by atoms with van der Waals surface area (Å²) in [5.41, 5.74) is 0.529. The maximum absolute atomic E-state index is 14.7. The Bertz CT molecular complexity index is 1510. The number of alkyl halides is 2. The molecule has 1 aliphatic heterocycles. The van der Waals surface area contributed by atoms with E-state index in [1.807, 2.05) is 13.8 Å². The summed E-state index contributed by atoms with van der Waals surface area (Å²) in [5.74, 6) is -1.03. The van der Waals surface area contributed by atoms with Crippen molar-refractivity contribution >= 4 is 29.1 Å². The van der Waals surface area contributed by atoms with Gasteiger partial charge in [0.2, 0.25) is 5.95 Å². The summed E-state index contributed by atoms with van der Waals surface area (Å²) in [7, 11) is 0. The average molecular weight is 543 g/mol. The van der Waals surface area contributed by atoms with Gasteiger partial charge < -0.3 is 10.2 Å². The number of aryl methyl sites for hydroxylation is 1. The van der Waals surface area contributed by atoms with E-state index in [0.717, 1.165) is 55.3 Å². The van der Waals surface area contributed by atoms with Crippen LogP contribution in [-0.2, 0) is 0 Å². The van der Waals surface area contributed by atoms with Gasteiger partial charge in [-0.25, -0.2) is 28.1 Å². The number of benzene rings is 1. The van der Waals surface area contributed by atoms with Crippen molar-refractivity contribution in [2.24, 2.45) is 0 Å². The van der Waals surface area contributed by atoms with E-state index < -0.39 is 29.3 Å². The Morgan fingerprint density at radius 1 is 1.11 bits per heavy atom. The lowest BCUT2D eigenvalue weighted by molar-refractivity contribution is 0.102. The highest BCUT2D eigenvalue weighted by atomic mass is 35.5. The van der Waals surface area contributed by atoms with E-state index in [2.05, 4.69) is 35.3 Å². The first-order valence-corrected chi connectivity index (χ1v) is 12.1. The van der Waals surface area contributed by atoms with Gasteiger partial charge >= 0.3 is 0 Å². The number of carbonyl (C=O) groups is 1. The summed E-state index contributed by atoms with van der Waals surface area (Å²) in [4.78, 5) is 32.0. The zero-order valence-electron chi connectivity index (χ0n) is 20.4. The van der Waals surface area contributed by atoms with Crippen molar-refractivity contribution in [3.05, 3.63) is 76.5 Å². The molecule has 196 valence electrons. The van der Waals surface area contributed by atoms with Gasteiger partial charge in [0.1, 0.15) is 5.69 Å². The van der Waals surface area contributed by atoms with Gasteiger partial charge in [-0.3, -0.25) is 14.5 Å². The second-order valence-electron chi connectivity index (χ2n) is 8.81. The average Bonchev–Trinajstić information content (AvgIpc) is 3.32. The van der Waals surface area contributed by atoms with Crippen molar-refractivity contribution in [1.82, 2.24) is 29.7 Å². The second-order valence-corrected chi connectivity index (χ2v) is 9.21. The molecule has 1 aromatic carbocycles. The quantitative estimate of drug-likeness (QED) is 0.341. The molecule has 0 radical (unpaired) electrons. The molecule has 1 N–H and O–H groups in total. The number of carbonyl (C=O) groups excluding carboxylic acids is 1. The van der Waals surface area contributed by atoms with Gasteiger partial charge in [0.15, 0.2) is 5.82 Å². The van der Waals surface area contributed by atoms with Crippen molar-refractivity contribution in [2.75, 3.05) is 23.3 Å². The molecule has 0 bridgehead atoms. The first-order chi connectivity index (χ1) is 18.2. The third-order valence-corrected chi connectivity index (χ3v) is 6.63. The number of nitrogens with zero attached hydrogens (tertiary/aromatic N) is 7. The van der Waals surface area contributed by atoms with Crippen LogP contribution in [0.5, 0.6) is 0 Å². The van der Waals surface area contributed by atoms with E-state index in [1.54, 1.807) is 17.1 Å². The number of anilines is 2. The molecule has 1 saturated heterocycles. The fourth-order valence-corrected chi connectivity index (χ4v) is 4.26. The van der Waals surface area contributed by atoms with Crippen LogP contribution < -0.4 is 10.2 Å². The fraction of sp³-hybridized carbons (Fsp3) is 0.280. The highest BCUT2D eigenvalue weighted by Gasteiger charge is 2.23. The van der Waals surface area contributed by atoms with Crippen LogP contribution in [0, 0.1) is 12.7 Å². The fourth-order valence-electron chi connectivity index (χ4n) is 4.10. The van der Waals surface area contributed by atoms with Crippen LogP contribution in [-0.4, -0.2) is 48.7 Å². The standard InChI is InChI=1S/C25H22ClF3N8O/c1-13-17(9-31-25(33-13)36-6-3-7-36)14(2)37-12-15(8-32-37)34-24(38)20-11-30-10-19(35-20)21-16(23(28)29)4-5-18(26)22(21)27/h4-5,8-12,14,23H,3,6-7H2,1-2H3,(H,34,38)/t14-/m1/s1. The first kappa shape index (κ1) is 25.6. The number of amides is 1. The third kappa shape index (κ3) is 4.91. The van der Waals surface area contributed by atoms with Crippen molar-refractivity contribution in [3.63, 3.8) is 0 Å². The second kappa shape index (κ2) is 10.4. The van der Waals surface area contributed by atoms with Crippen LogP contribution in [0.3, 0.4) is 0 Å². The topological polar surface area (TPSA) is 102 Å². The van der Waals surface area contributed by atoms with Gasteiger partial charge in [-0.05, 0) is 26.3 Å². The molecule has 0 aliphatic carbocycles. The van der Waals surface area contributed by atoms with E-state index in [4.69, 9.17) is 11.6 Å². The van der Waals surface area contributed by atoms with E-state index in [9.17, 15) is 18.0 Å². The monoisotopic (exact) mass is 542 g/mol. The molecule has 1 atom stereocenters. The Morgan fingerprint density at radius 2 is 1.89 bits per heavy atom. The molecule has 1 amide bonds. The predicted octanol–water partition coefficient (Wildman–Crippen LogP) is 5.24. The van der Waals surface area contributed by atoms with Crippen molar-refractivity contribution < 1.29 is 18.0 Å². The molecule has 9 nitrogen and oxygen atoms in total. The zero-order valence-corrected chi connectivity index (χ0v) is 21.1. The van der Waals surface area contributed by atoms with E-state index in [1.165, 1.54) is 6.20 Å². The molecule has 0 unspecified atom stereocenters. The molecule has 4 aromatic rings. The minimum atomic E-state index is -2.98. The molecule has 13 heteroatoms. The van der Waals surface area contributed by atoms with Crippen molar-refractivity contribution in [1.29, 1.82) is 0 Å². The van der Waals surface area contributed by atoms with Gasteiger partial charge in [0, 0.05) is 47.9 Å². The molecule has 4 heterocycles. The number of halogens is 4. The summed E-state index contributed by atoms with van der Waals surface area (Å²) in [5, 5.41) is 6.64. The number of nitrogens with one attached hydrogen (secondary N) is 1. The van der Waals surface area contributed by atoms with E-state index >= 15 is 0 Å². The SMILES string of the molecule is Cc1nc(N2CCC2)ncc1[C@@H](C)n1cc(NC(=O)c2cncc(-c3c(C(F)F)ccc(Cl)c3F)n2)cn1. The Labute approximate surface area is 220 Å². The molecular formula is C25H22ClF3N8O. The third-order valence-electron chi connectivity index (χ3n) is 6.34. The van der Waals surface area contributed by atoms with Crippen LogP contribution in [0.1, 0.15) is 53.1 Å². The van der Waals surface area contributed by atoms with Crippen LogP contribution in [0.2, 0.25) is 5.02 Å². The van der Waals surface area contributed by atoms with Gasteiger partial charge in [-0.1, -0.05) is 17.7 Å². The van der Waals surface area contributed by atoms with E-state index in [-0.39, 0.29) is 22.5 Å². The van der Waals surface area contributed by atoms with Gasteiger partial charge in [-0.15, -0.1) is 0 Å². The minimum Gasteiger partial charge on any atom is -0.341 e. The highest BCUT2D eigenvalue weighted by molar-refractivity contribution is 6.31. The largest absolute Gasteiger partial charge is 0.341 e. The minimum absolute atomic E-state index is 0.200. The van der Waals surface area contributed by atoms with Crippen LogP contribution in [0.4, 0.5) is 24.8 Å². The lowest BCUT2D eigenvalue weighted by atomic mass is 10.0. The molecule has 0 saturated carbocycles. The molecule has 1 aliphatic rings. The Kier molecular flexibility index (Phi) is 6.98. The number of hydrogen-bond donors (Lipinski definition) is 1. The smallest absolute Gasteiger partial charge is 0.275 e. The normalized spacial score (nSPS) is 13.9. The molecule has 3 aromatic heterocycles.